The lowest BCUT2D eigenvalue weighted by Crippen LogP contribution is -2.11. The molecule has 0 aromatic heterocycles. The summed E-state index contributed by atoms with van der Waals surface area (Å²) >= 11 is 1.37. The van der Waals surface area contributed by atoms with Gasteiger partial charge in [0.1, 0.15) is 6.26 Å². The highest BCUT2D eigenvalue weighted by molar-refractivity contribution is 7.92. The van der Waals surface area contributed by atoms with Gasteiger partial charge < -0.3 is 4.18 Å². The largest absolute Gasteiger partial charge is 0.412 e. The Hall–Kier alpha value is -1.09. The number of rotatable bonds is 2. The quantitative estimate of drug-likeness (QED) is 0.570. The first-order valence-electron chi connectivity index (χ1n) is 5.42. The molecule has 0 unspecified atom stereocenters. The van der Waals surface area contributed by atoms with E-state index in [-0.39, 0.29) is 5.41 Å². The summed E-state index contributed by atoms with van der Waals surface area (Å²) in [6, 6.07) is 8.79. The maximum absolute atomic E-state index is 5.07. The molecule has 0 bridgehead atoms. The highest BCUT2D eigenvalue weighted by Gasteiger charge is 2.13. The summed E-state index contributed by atoms with van der Waals surface area (Å²) < 4.78 is 7.13. The first kappa shape index (κ1) is 11.4. The summed E-state index contributed by atoms with van der Waals surface area (Å²) in [4.78, 5) is 0. The van der Waals surface area contributed by atoms with Crippen LogP contribution in [-0.4, -0.2) is 4.31 Å². The first-order chi connectivity index (χ1) is 7.55. The predicted molar refractivity (Wildman–Crippen MR) is 68.5 cm³/mol. The fourth-order valence-corrected chi connectivity index (χ4v) is 2.08. The van der Waals surface area contributed by atoms with Crippen LogP contribution in [0, 0.1) is 0 Å². The Kier molecular flexibility index (Phi) is 3.15. The topological polar surface area (TPSA) is 12.5 Å². The molecule has 16 heavy (non-hydrogen) atoms. The smallest absolute Gasteiger partial charge is 0.178 e. The molecule has 0 radical (unpaired) electrons. The Morgan fingerprint density at radius 1 is 1.19 bits per heavy atom. The Morgan fingerprint density at radius 3 is 2.38 bits per heavy atom. The van der Waals surface area contributed by atoms with Crippen molar-refractivity contribution in [1.82, 2.24) is 4.31 Å². The van der Waals surface area contributed by atoms with Crippen molar-refractivity contribution in [3.8, 4) is 0 Å². The van der Waals surface area contributed by atoms with Gasteiger partial charge >= 0.3 is 0 Å². The van der Waals surface area contributed by atoms with Crippen molar-refractivity contribution in [1.29, 1.82) is 0 Å². The minimum absolute atomic E-state index is 0.226. The predicted octanol–water partition coefficient (Wildman–Crippen LogP) is 3.85. The molecule has 0 spiro atoms. The maximum Gasteiger partial charge on any atom is 0.178 e. The number of benzene rings is 1. The second kappa shape index (κ2) is 4.42. The average molecular weight is 235 g/mol. The third kappa shape index (κ3) is 2.73. The lowest BCUT2D eigenvalue weighted by Gasteiger charge is -2.19. The second-order valence-electron chi connectivity index (χ2n) is 4.98. The van der Waals surface area contributed by atoms with Crippen molar-refractivity contribution in [2.24, 2.45) is 0 Å². The molecule has 0 amide bonds. The van der Waals surface area contributed by atoms with E-state index >= 15 is 0 Å². The Balaban J connectivity index is 2.04. The molecule has 0 atom stereocenters. The number of hydrogen-bond acceptors (Lipinski definition) is 3. The fourth-order valence-electron chi connectivity index (χ4n) is 1.57. The summed E-state index contributed by atoms with van der Waals surface area (Å²) in [7, 11) is 0. The van der Waals surface area contributed by atoms with Crippen LogP contribution in [0.15, 0.2) is 36.7 Å². The van der Waals surface area contributed by atoms with E-state index in [0.717, 1.165) is 6.54 Å². The van der Waals surface area contributed by atoms with Gasteiger partial charge in [0.15, 0.2) is 12.2 Å². The van der Waals surface area contributed by atoms with Crippen LogP contribution < -0.4 is 0 Å². The molecule has 2 nitrogen and oxygen atoms in total. The Bertz CT molecular complexity index is 378. The first-order valence-corrected chi connectivity index (χ1v) is 6.12. The zero-order chi connectivity index (χ0) is 11.6. The molecule has 1 aliphatic heterocycles. The van der Waals surface area contributed by atoms with Gasteiger partial charge in [-0.15, -0.1) is 0 Å². The van der Waals surface area contributed by atoms with Gasteiger partial charge in [0.05, 0.1) is 12.7 Å². The van der Waals surface area contributed by atoms with E-state index in [2.05, 4.69) is 49.3 Å². The normalized spacial score (nSPS) is 15.3. The van der Waals surface area contributed by atoms with E-state index in [1.165, 1.54) is 23.4 Å². The Labute approximate surface area is 102 Å². The average Bonchev–Trinajstić information content (AvgIpc) is 2.70. The van der Waals surface area contributed by atoms with Crippen LogP contribution in [0.3, 0.4) is 0 Å². The van der Waals surface area contributed by atoms with E-state index in [4.69, 9.17) is 4.18 Å². The molecule has 1 aromatic rings. The monoisotopic (exact) mass is 235 g/mol. The summed E-state index contributed by atoms with van der Waals surface area (Å²) in [6.45, 7) is 7.57. The molecule has 0 saturated heterocycles. The van der Waals surface area contributed by atoms with Crippen molar-refractivity contribution in [2.75, 3.05) is 0 Å². The summed E-state index contributed by atoms with van der Waals surface area (Å²) in [5.74, 6) is 0. The molecule has 1 heterocycles. The van der Waals surface area contributed by atoms with Gasteiger partial charge in [0.2, 0.25) is 0 Å². The van der Waals surface area contributed by atoms with Crippen molar-refractivity contribution in [3.05, 3.63) is 47.9 Å². The van der Waals surface area contributed by atoms with Crippen molar-refractivity contribution < 1.29 is 4.18 Å². The highest BCUT2D eigenvalue weighted by Crippen LogP contribution is 2.25. The zero-order valence-corrected chi connectivity index (χ0v) is 10.8. The fraction of sp³-hybridized carbons (Fsp3) is 0.385. The lowest BCUT2D eigenvalue weighted by atomic mass is 9.87. The van der Waals surface area contributed by atoms with E-state index < -0.39 is 0 Å². The van der Waals surface area contributed by atoms with Crippen LogP contribution in [0.25, 0.3) is 0 Å². The molecule has 1 aliphatic rings. The second-order valence-corrected chi connectivity index (χ2v) is 5.79. The molecular weight excluding hydrogens is 218 g/mol. The summed E-state index contributed by atoms with van der Waals surface area (Å²) in [6.07, 6.45) is 3.65. The van der Waals surface area contributed by atoms with Crippen LogP contribution in [0.5, 0.6) is 0 Å². The highest BCUT2D eigenvalue weighted by atomic mass is 32.2. The van der Waals surface area contributed by atoms with Crippen molar-refractivity contribution in [2.45, 2.75) is 32.7 Å². The molecule has 3 heteroatoms. The zero-order valence-electron chi connectivity index (χ0n) is 9.93. The van der Waals surface area contributed by atoms with E-state index in [1.54, 1.807) is 6.26 Å². The SMILES string of the molecule is CC(C)(C)c1ccc(CN2C=COS2)cc1. The minimum Gasteiger partial charge on any atom is -0.412 e. The van der Waals surface area contributed by atoms with Gasteiger partial charge in [-0.3, -0.25) is 4.31 Å². The van der Waals surface area contributed by atoms with Gasteiger partial charge in [-0.05, 0) is 16.5 Å². The molecule has 1 aromatic carbocycles. The molecule has 0 saturated carbocycles. The molecule has 0 aliphatic carbocycles. The van der Waals surface area contributed by atoms with E-state index in [0.29, 0.717) is 0 Å². The standard InChI is InChI=1S/C13H17NOS/c1-13(2,3)12-6-4-11(5-7-12)10-14-8-9-15-16-14/h4-9H,10H2,1-3H3. The number of nitrogens with zero attached hydrogens (tertiary/aromatic N) is 1. The molecule has 0 fully saturated rings. The van der Waals surface area contributed by atoms with E-state index in [9.17, 15) is 0 Å². The maximum atomic E-state index is 5.07. The van der Waals surface area contributed by atoms with Crippen molar-refractivity contribution in [3.63, 3.8) is 0 Å². The van der Waals surface area contributed by atoms with Crippen LogP contribution in [0.4, 0.5) is 0 Å². The molecule has 2 rings (SSSR count). The lowest BCUT2D eigenvalue weighted by molar-refractivity contribution is 0.557. The minimum atomic E-state index is 0.226. The van der Waals surface area contributed by atoms with Crippen LogP contribution in [-0.2, 0) is 16.1 Å². The van der Waals surface area contributed by atoms with Gasteiger partial charge in [-0.1, -0.05) is 45.0 Å². The van der Waals surface area contributed by atoms with Gasteiger partial charge in [0, 0.05) is 0 Å². The molecule has 86 valence electrons. The van der Waals surface area contributed by atoms with Gasteiger partial charge in [0.25, 0.3) is 0 Å². The van der Waals surface area contributed by atoms with Gasteiger partial charge in [-0.2, -0.15) is 0 Å². The number of hydrogen-bond donors (Lipinski definition) is 0. The Morgan fingerprint density at radius 2 is 1.88 bits per heavy atom. The van der Waals surface area contributed by atoms with Crippen LogP contribution in [0.2, 0.25) is 0 Å². The van der Waals surface area contributed by atoms with Crippen LogP contribution >= 0.6 is 12.2 Å². The molecular formula is C13H17NOS. The molecule has 0 N–H and O–H groups in total. The van der Waals surface area contributed by atoms with Gasteiger partial charge in [-0.25, -0.2) is 0 Å². The third-order valence-corrected chi connectivity index (χ3v) is 3.22. The summed E-state index contributed by atoms with van der Waals surface area (Å²) in [5.41, 5.74) is 2.90. The summed E-state index contributed by atoms with van der Waals surface area (Å²) in [5, 5.41) is 0. The third-order valence-electron chi connectivity index (χ3n) is 2.58. The van der Waals surface area contributed by atoms with E-state index in [1.807, 2.05) is 6.20 Å². The van der Waals surface area contributed by atoms with Crippen LogP contribution in [0.1, 0.15) is 31.9 Å². The van der Waals surface area contributed by atoms with Crippen molar-refractivity contribution >= 4 is 12.2 Å².